The number of rotatable bonds is 3. The van der Waals surface area contributed by atoms with Crippen molar-refractivity contribution in [2.75, 3.05) is 5.75 Å². The third-order valence-electron chi connectivity index (χ3n) is 3.60. The molecule has 1 saturated heterocycles. The number of thioether (sulfide) groups is 1. The van der Waals surface area contributed by atoms with Crippen molar-refractivity contribution in [3.63, 3.8) is 0 Å². The Hall–Kier alpha value is -1.28. The van der Waals surface area contributed by atoms with Gasteiger partial charge in [-0.25, -0.2) is 9.59 Å². The Labute approximate surface area is 166 Å². The molecular formula is C19H34N2O5S. The molecule has 2 unspecified atom stereocenters. The Morgan fingerprint density at radius 1 is 0.963 bits per heavy atom. The van der Waals surface area contributed by atoms with Crippen molar-refractivity contribution in [1.29, 1.82) is 0 Å². The summed E-state index contributed by atoms with van der Waals surface area (Å²) in [5, 5.41) is -0.309. The number of nitrogens with zero attached hydrogens (tertiary/aromatic N) is 1. The molecule has 1 aliphatic heterocycles. The molecule has 0 saturated carbocycles. The van der Waals surface area contributed by atoms with Crippen molar-refractivity contribution in [1.82, 2.24) is 4.90 Å². The molecule has 27 heavy (non-hydrogen) atoms. The summed E-state index contributed by atoms with van der Waals surface area (Å²) in [6, 6.07) is -2.28. The fourth-order valence-corrected chi connectivity index (χ4v) is 4.19. The second kappa shape index (κ2) is 7.99. The maximum absolute atomic E-state index is 13.1. The topological polar surface area (TPSA) is 98.9 Å². The molecule has 0 aromatic carbocycles. The van der Waals surface area contributed by atoms with Gasteiger partial charge in [-0.3, -0.25) is 4.79 Å². The summed E-state index contributed by atoms with van der Waals surface area (Å²) in [4.78, 5) is 39.5. The van der Waals surface area contributed by atoms with Crippen molar-refractivity contribution in [2.24, 2.45) is 11.1 Å². The number of carbonyl (C=O) groups is 3. The smallest absolute Gasteiger partial charge is 0.333 e. The van der Waals surface area contributed by atoms with Crippen LogP contribution < -0.4 is 5.73 Å². The first kappa shape index (κ1) is 23.8. The predicted octanol–water partition coefficient (Wildman–Crippen LogP) is 2.31. The molecule has 8 heteroatoms. The van der Waals surface area contributed by atoms with E-state index in [0.717, 1.165) is 0 Å². The van der Waals surface area contributed by atoms with Crippen LogP contribution in [0.2, 0.25) is 0 Å². The van der Waals surface area contributed by atoms with E-state index in [1.165, 1.54) is 16.7 Å². The number of hydrogen-bond acceptors (Lipinski definition) is 7. The first-order chi connectivity index (χ1) is 11.9. The molecule has 0 spiro atoms. The summed E-state index contributed by atoms with van der Waals surface area (Å²) in [6.07, 6.45) is 0. The van der Waals surface area contributed by atoms with E-state index in [4.69, 9.17) is 15.2 Å². The van der Waals surface area contributed by atoms with E-state index < -0.39 is 41.1 Å². The van der Waals surface area contributed by atoms with Gasteiger partial charge >= 0.3 is 11.9 Å². The van der Waals surface area contributed by atoms with E-state index in [1.807, 2.05) is 20.8 Å². The lowest BCUT2D eigenvalue weighted by Crippen LogP contribution is -2.58. The average molecular weight is 403 g/mol. The quantitative estimate of drug-likeness (QED) is 0.571. The molecular weight excluding hydrogens is 368 g/mol. The van der Waals surface area contributed by atoms with E-state index in [1.54, 1.807) is 41.5 Å². The summed E-state index contributed by atoms with van der Waals surface area (Å²) in [5.41, 5.74) is 4.16. The lowest BCUT2D eigenvalue weighted by molar-refractivity contribution is -0.168. The molecule has 7 nitrogen and oxygen atoms in total. The fourth-order valence-electron chi connectivity index (χ4n) is 2.62. The van der Waals surface area contributed by atoms with Gasteiger partial charge in [-0.05, 0) is 47.0 Å². The number of ether oxygens (including phenoxy) is 2. The van der Waals surface area contributed by atoms with Gasteiger partial charge in [0.1, 0.15) is 17.2 Å². The van der Waals surface area contributed by atoms with Gasteiger partial charge in [0, 0.05) is 5.75 Å². The van der Waals surface area contributed by atoms with Crippen LogP contribution in [0.1, 0.15) is 62.3 Å². The normalized spacial score (nSPS) is 22.4. The highest BCUT2D eigenvalue weighted by Gasteiger charge is 2.49. The lowest BCUT2D eigenvalue weighted by atomic mass is 9.94. The molecule has 0 aliphatic carbocycles. The second-order valence-electron chi connectivity index (χ2n) is 9.86. The summed E-state index contributed by atoms with van der Waals surface area (Å²) >= 11 is 1.49. The van der Waals surface area contributed by atoms with Crippen LogP contribution in [-0.2, 0) is 23.9 Å². The minimum Gasteiger partial charge on any atom is -0.458 e. The van der Waals surface area contributed by atoms with Gasteiger partial charge in [0.2, 0.25) is 0 Å². The van der Waals surface area contributed by atoms with Gasteiger partial charge in [-0.15, -0.1) is 11.8 Å². The van der Waals surface area contributed by atoms with Crippen LogP contribution in [-0.4, -0.2) is 57.2 Å². The summed E-state index contributed by atoms with van der Waals surface area (Å²) in [5.74, 6) is -1.53. The van der Waals surface area contributed by atoms with E-state index in [2.05, 4.69) is 0 Å². The van der Waals surface area contributed by atoms with Crippen molar-refractivity contribution < 1.29 is 23.9 Å². The highest BCUT2D eigenvalue weighted by Crippen LogP contribution is 2.41. The zero-order chi connectivity index (χ0) is 21.4. The van der Waals surface area contributed by atoms with Gasteiger partial charge in [0.25, 0.3) is 5.91 Å². The average Bonchev–Trinajstić information content (AvgIpc) is 2.86. The molecule has 0 bridgehead atoms. The predicted molar refractivity (Wildman–Crippen MR) is 106 cm³/mol. The molecule has 0 radical (unpaired) electrons. The third kappa shape index (κ3) is 6.68. The van der Waals surface area contributed by atoms with E-state index in [9.17, 15) is 14.4 Å². The number of esters is 2. The molecule has 1 fully saturated rings. The number of amides is 1. The number of hydrogen-bond donors (Lipinski definition) is 1. The standard InChI is InChI=1S/C19H34N2O5S/c1-17(2,3)16-21(11(10-27-16)14(23)25-18(4,5)6)13(22)12(20)15(24)26-19(7,8)9/h11-12,16H,10,20H2,1-9H3/t11-,12?,16?/m0/s1. The van der Waals surface area contributed by atoms with Gasteiger partial charge in [0.15, 0.2) is 6.04 Å². The Kier molecular flexibility index (Phi) is 7.03. The molecule has 3 atom stereocenters. The van der Waals surface area contributed by atoms with Gasteiger partial charge in [-0.1, -0.05) is 20.8 Å². The first-order valence-electron chi connectivity index (χ1n) is 9.09. The molecule has 0 aromatic heterocycles. The maximum atomic E-state index is 13.1. The van der Waals surface area contributed by atoms with Crippen molar-refractivity contribution in [3.8, 4) is 0 Å². The van der Waals surface area contributed by atoms with E-state index >= 15 is 0 Å². The molecule has 1 rings (SSSR count). The van der Waals surface area contributed by atoms with Crippen molar-refractivity contribution in [3.05, 3.63) is 0 Å². The molecule has 1 amide bonds. The van der Waals surface area contributed by atoms with Crippen LogP contribution in [0.25, 0.3) is 0 Å². The second-order valence-corrected chi connectivity index (χ2v) is 11.0. The van der Waals surface area contributed by atoms with Crippen LogP contribution in [0.3, 0.4) is 0 Å². The molecule has 0 aromatic rings. The van der Waals surface area contributed by atoms with Gasteiger partial charge in [-0.2, -0.15) is 0 Å². The lowest BCUT2D eigenvalue weighted by Gasteiger charge is -2.37. The summed E-state index contributed by atoms with van der Waals surface area (Å²) in [6.45, 7) is 16.3. The molecule has 1 heterocycles. The van der Waals surface area contributed by atoms with Gasteiger partial charge < -0.3 is 20.1 Å². The van der Waals surface area contributed by atoms with Crippen LogP contribution in [0.4, 0.5) is 0 Å². The Balaban J connectivity index is 3.13. The van der Waals surface area contributed by atoms with Gasteiger partial charge in [0.05, 0.1) is 5.37 Å². The molecule has 2 N–H and O–H groups in total. The molecule has 156 valence electrons. The third-order valence-corrected chi connectivity index (χ3v) is 5.36. The summed E-state index contributed by atoms with van der Waals surface area (Å²) in [7, 11) is 0. The van der Waals surface area contributed by atoms with Crippen LogP contribution >= 0.6 is 11.8 Å². The number of nitrogens with two attached hydrogens (primary N) is 1. The van der Waals surface area contributed by atoms with E-state index in [0.29, 0.717) is 5.75 Å². The Morgan fingerprint density at radius 3 is 1.85 bits per heavy atom. The monoisotopic (exact) mass is 402 g/mol. The van der Waals surface area contributed by atoms with Crippen molar-refractivity contribution >= 4 is 29.6 Å². The number of carbonyl (C=O) groups excluding carboxylic acids is 3. The zero-order valence-electron chi connectivity index (χ0n) is 17.9. The molecule has 1 aliphatic rings. The highest BCUT2D eigenvalue weighted by atomic mass is 32.2. The highest BCUT2D eigenvalue weighted by molar-refractivity contribution is 8.00. The maximum Gasteiger partial charge on any atom is 0.333 e. The SMILES string of the molecule is CC(C)(C)OC(=O)C(N)C(=O)N1C(C(C)(C)C)SC[C@H]1C(=O)OC(C)(C)C. The summed E-state index contributed by atoms with van der Waals surface area (Å²) < 4.78 is 10.7. The first-order valence-corrected chi connectivity index (χ1v) is 10.1. The minimum atomic E-state index is -1.49. The largest absolute Gasteiger partial charge is 0.458 e. The van der Waals surface area contributed by atoms with Crippen LogP contribution in [0.5, 0.6) is 0 Å². The van der Waals surface area contributed by atoms with Crippen molar-refractivity contribution in [2.45, 2.75) is 91.0 Å². The minimum absolute atomic E-state index is 0.309. The Morgan fingerprint density at radius 2 is 1.44 bits per heavy atom. The Bertz CT molecular complexity index is 586. The zero-order valence-corrected chi connectivity index (χ0v) is 18.7. The fraction of sp³-hybridized carbons (Fsp3) is 0.842. The van der Waals surface area contributed by atoms with Crippen LogP contribution in [0, 0.1) is 5.41 Å². The van der Waals surface area contributed by atoms with Crippen LogP contribution in [0.15, 0.2) is 0 Å². The van der Waals surface area contributed by atoms with E-state index in [-0.39, 0.29) is 10.8 Å².